The van der Waals surface area contributed by atoms with E-state index in [4.69, 9.17) is 11.6 Å². The van der Waals surface area contributed by atoms with Crippen LogP contribution in [0.4, 0.5) is 27.6 Å². The van der Waals surface area contributed by atoms with Crippen LogP contribution in [-0.4, -0.2) is 38.1 Å². The summed E-state index contributed by atoms with van der Waals surface area (Å²) >= 11 is 5.83. The first kappa shape index (κ1) is 24.2. The van der Waals surface area contributed by atoms with Crippen molar-refractivity contribution in [3.05, 3.63) is 68.9 Å². The number of alkyl halides is 3. The number of nitrogens with one attached hydrogen (secondary N) is 1. The number of rotatable bonds is 6. The molecule has 8 nitrogen and oxygen atoms in total. The number of nitrogens with zero attached hydrogens (tertiary/aromatic N) is 3. The number of aliphatic hydroxyl groups is 1. The lowest BCUT2D eigenvalue weighted by molar-refractivity contribution is -0.153. The maximum atomic E-state index is 14.8. The van der Waals surface area contributed by atoms with Crippen LogP contribution in [0.2, 0.25) is 5.02 Å². The summed E-state index contributed by atoms with van der Waals surface area (Å²) in [6, 6.07) is 4.64. The zero-order chi connectivity index (χ0) is 24.5. The van der Waals surface area contributed by atoms with Crippen LogP contribution in [0.1, 0.15) is 16.2 Å². The lowest BCUT2D eigenvalue weighted by Crippen LogP contribution is -2.24. The van der Waals surface area contributed by atoms with Crippen LogP contribution in [0.3, 0.4) is 0 Å². The second-order valence-electron chi connectivity index (χ2n) is 6.58. The van der Waals surface area contributed by atoms with E-state index in [1.165, 1.54) is 19.2 Å². The quantitative estimate of drug-likeness (QED) is 0.515. The number of carbonyl (C=O) groups excluding carboxylic acids is 1. The number of hydrogen-bond acceptors (Lipinski definition) is 5. The van der Waals surface area contributed by atoms with Gasteiger partial charge in [-0.25, -0.2) is 13.6 Å². The van der Waals surface area contributed by atoms with Crippen LogP contribution in [0.15, 0.2) is 35.1 Å². The van der Waals surface area contributed by atoms with Crippen LogP contribution in [0.25, 0.3) is 5.69 Å². The van der Waals surface area contributed by atoms with Gasteiger partial charge in [0.25, 0.3) is 5.91 Å². The van der Waals surface area contributed by atoms with E-state index in [2.05, 4.69) is 15.2 Å². The second kappa shape index (κ2) is 9.19. The minimum Gasteiger partial charge on any atom is -0.483 e. The number of hydrogen-bond donors (Lipinski definition) is 2. The van der Waals surface area contributed by atoms with Crippen molar-refractivity contribution >= 4 is 23.2 Å². The van der Waals surface area contributed by atoms with Crippen molar-refractivity contribution in [1.82, 2.24) is 14.3 Å². The van der Waals surface area contributed by atoms with Gasteiger partial charge in [-0.05, 0) is 18.2 Å². The normalized spacial score (nSPS) is 11.5. The number of anilines is 1. The van der Waals surface area contributed by atoms with Crippen LogP contribution in [0, 0.1) is 11.6 Å². The molecule has 1 heterocycles. The molecule has 0 aliphatic rings. The van der Waals surface area contributed by atoms with Gasteiger partial charge in [-0.1, -0.05) is 17.7 Å². The van der Waals surface area contributed by atoms with Crippen molar-refractivity contribution in [2.45, 2.75) is 12.8 Å². The van der Waals surface area contributed by atoms with Gasteiger partial charge in [0.15, 0.2) is 12.4 Å². The third-order valence-corrected chi connectivity index (χ3v) is 4.64. The molecule has 3 rings (SSSR count). The summed E-state index contributed by atoms with van der Waals surface area (Å²) in [6.07, 6.45) is -4.82. The fourth-order valence-corrected chi connectivity index (χ4v) is 2.94. The SMILES string of the molecule is Cn1c(CO)nn(-c2cc(OCC(F)(F)F)c(C(=O)Nc3c(F)cccc3Cl)cc2F)c1=O. The summed E-state index contributed by atoms with van der Waals surface area (Å²) in [5.74, 6) is -4.33. The Morgan fingerprint density at radius 2 is 1.94 bits per heavy atom. The van der Waals surface area contributed by atoms with Crippen LogP contribution >= 0.6 is 11.6 Å². The lowest BCUT2D eigenvalue weighted by Gasteiger charge is -2.15. The molecule has 0 spiro atoms. The second-order valence-corrected chi connectivity index (χ2v) is 6.99. The predicted octanol–water partition coefficient (Wildman–Crippen LogP) is 3.19. The minimum absolute atomic E-state index is 0.159. The predicted molar refractivity (Wildman–Crippen MR) is 106 cm³/mol. The largest absolute Gasteiger partial charge is 0.483 e. The topological polar surface area (TPSA) is 98.4 Å². The van der Waals surface area contributed by atoms with Gasteiger partial charge >= 0.3 is 11.9 Å². The van der Waals surface area contributed by atoms with Crippen molar-refractivity contribution in [3.8, 4) is 11.4 Å². The van der Waals surface area contributed by atoms with Crippen LogP contribution < -0.4 is 15.7 Å². The van der Waals surface area contributed by atoms with Crippen molar-refractivity contribution in [2.24, 2.45) is 7.05 Å². The molecule has 2 aromatic carbocycles. The first-order valence-electron chi connectivity index (χ1n) is 8.97. The highest BCUT2D eigenvalue weighted by molar-refractivity contribution is 6.34. The number of para-hydroxylation sites is 1. The molecule has 0 saturated carbocycles. The van der Waals surface area contributed by atoms with Crippen molar-refractivity contribution in [3.63, 3.8) is 0 Å². The third kappa shape index (κ3) is 5.14. The van der Waals surface area contributed by atoms with Gasteiger partial charge < -0.3 is 15.2 Å². The van der Waals surface area contributed by atoms with Gasteiger partial charge in [-0.3, -0.25) is 9.36 Å². The Morgan fingerprint density at radius 1 is 1.24 bits per heavy atom. The van der Waals surface area contributed by atoms with Gasteiger partial charge in [0, 0.05) is 13.1 Å². The van der Waals surface area contributed by atoms with Gasteiger partial charge in [-0.2, -0.15) is 17.9 Å². The molecule has 1 amide bonds. The van der Waals surface area contributed by atoms with E-state index in [1.807, 2.05) is 0 Å². The molecule has 176 valence electrons. The Morgan fingerprint density at radius 3 is 2.52 bits per heavy atom. The molecule has 0 saturated heterocycles. The average molecular weight is 493 g/mol. The van der Waals surface area contributed by atoms with E-state index >= 15 is 0 Å². The summed E-state index contributed by atoms with van der Waals surface area (Å²) in [5.41, 5.74) is -2.78. The number of amides is 1. The summed E-state index contributed by atoms with van der Waals surface area (Å²) in [5, 5.41) is 14.8. The maximum absolute atomic E-state index is 14.8. The Labute approximate surface area is 186 Å². The fourth-order valence-electron chi connectivity index (χ4n) is 2.73. The number of ether oxygens (including phenoxy) is 1. The molecule has 2 N–H and O–H groups in total. The molecule has 33 heavy (non-hydrogen) atoms. The van der Waals surface area contributed by atoms with Crippen molar-refractivity contribution < 1.29 is 36.6 Å². The summed E-state index contributed by atoms with van der Waals surface area (Å²) < 4.78 is 73.1. The van der Waals surface area contributed by atoms with Gasteiger partial charge in [0.05, 0.1) is 16.3 Å². The van der Waals surface area contributed by atoms with Crippen LogP contribution in [0.5, 0.6) is 5.75 Å². The average Bonchev–Trinajstić information content (AvgIpc) is 3.03. The molecule has 0 aliphatic carbocycles. The highest BCUT2D eigenvalue weighted by Crippen LogP contribution is 2.30. The molecule has 0 fully saturated rings. The summed E-state index contributed by atoms with van der Waals surface area (Å²) in [7, 11) is 1.23. The monoisotopic (exact) mass is 492 g/mol. The fraction of sp³-hybridized carbons (Fsp3) is 0.211. The molecule has 3 aromatic rings. The van der Waals surface area contributed by atoms with E-state index in [9.17, 15) is 36.6 Å². The van der Waals surface area contributed by atoms with Crippen molar-refractivity contribution in [2.75, 3.05) is 11.9 Å². The van der Waals surface area contributed by atoms with Gasteiger partial charge in [-0.15, -0.1) is 5.10 Å². The van der Waals surface area contributed by atoms with E-state index in [-0.39, 0.29) is 10.8 Å². The molecule has 0 aliphatic heterocycles. The standard InChI is InChI=1S/C19H14ClF5N4O4/c1-28-15(7-30)27-29(18(28)32)13-6-14(33-8-19(23,24)25)9(5-12(13)22)17(31)26-16-10(20)3-2-4-11(16)21/h2-6,30H,7-8H2,1H3,(H,26,31). The Kier molecular flexibility index (Phi) is 6.74. The summed E-state index contributed by atoms with van der Waals surface area (Å²) in [4.78, 5) is 24.9. The Balaban J connectivity index is 2.10. The van der Waals surface area contributed by atoms with E-state index in [0.717, 1.165) is 10.6 Å². The smallest absolute Gasteiger partial charge is 0.422 e. The number of carbonyl (C=O) groups is 1. The molecule has 14 heteroatoms. The molecule has 0 atom stereocenters. The third-order valence-electron chi connectivity index (χ3n) is 4.33. The number of aliphatic hydroxyl groups excluding tert-OH is 1. The maximum Gasteiger partial charge on any atom is 0.422 e. The molecule has 1 aromatic heterocycles. The van der Waals surface area contributed by atoms with Crippen molar-refractivity contribution in [1.29, 1.82) is 0 Å². The zero-order valence-electron chi connectivity index (χ0n) is 16.6. The van der Waals surface area contributed by atoms with Gasteiger partial charge in [0.2, 0.25) is 0 Å². The first-order chi connectivity index (χ1) is 15.4. The molecule has 0 radical (unpaired) electrons. The number of aromatic nitrogens is 3. The van der Waals surface area contributed by atoms with E-state index < -0.39 is 65.3 Å². The highest BCUT2D eigenvalue weighted by atomic mass is 35.5. The summed E-state index contributed by atoms with van der Waals surface area (Å²) in [6.45, 7) is -2.53. The lowest BCUT2D eigenvalue weighted by atomic mass is 10.1. The molecule has 0 unspecified atom stereocenters. The number of benzene rings is 2. The molecule has 0 bridgehead atoms. The minimum atomic E-state index is -4.82. The zero-order valence-corrected chi connectivity index (χ0v) is 17.3. The van der Waals surface area contributed by atoms with E-state index in [1.54, 1.807) is 0 Å². The first-order valence-corrected chi connectivity index (χ1v) is 9.35. The van der Waals surface area contributed by atoms with Crippen LogP contribution in [-0.2, 0) is 13.7 Å². The Hall–Kier alpha value is -3.45. The number of halogens is 6. The molecular weight excluding hydrogens is 479 g/mol. The van der Waals surface area contributed by atoms with E-state index in [0.29, 0.717) is 16.8 Å². The highest BCUT2D eigenvalue weighted by Gasteiger charge is 2.30. The van der Waals surface area contributed by atoms with Gasteiger partial charge in [0.1, 0.15) is 29.7 Å². The Bertz CT molecular complexity index is 1250. The molecular formula is C19H14ClF5N4O4.